The van der Waals surface area contributed by atoms with E-state index in [1.165, 1.54) is 5.56 Å². The van der Waals surface area contributed by atoms with E-state index in [1.807, 2.05) is 6.20 Å². The molecule has 1 atom stereocenters. The van der Waals surface area contributed by atoms with E-state index in [-0.39, 0.29) is 0 Å². The van der Waals surface area contributed by atoms with Gasteiger partial charge in [0.05, 0.1) is 11.7 Å². The van der Waals surface area contributed by atoms with E-state index in [0.29, 0.717) is 6.04 Å². The fraction of sp³-hybridized carbons (Fsp3) is 0.375. The van der Waals surface area contributed by atoms with Gasteiger partial charge in [-0.15, -0.1) is 0 Å². The summed E-state index contributed by atoms with van der Waals surface area (Å²) in [7, 11) is 0. The number of hydrogen-bond donors (Lipinski definition) is 1. The predicted molar refractivity (Wildman–Crippen MR) is 79.2 cm³/mol. The van der Waals surface area contributed by atoms with Crippen LogP contribution in [0.3, 0.4) is 0 Å². The zero-order valence-electron chi connectivity index (χ0n) is 11.8. The Morgan fingerprint density at radius 2 is 2.15 bits per heavy atom. The van der Waals surface area contributed by atoms with Gasteiger partial charge in [0.15, 0.2) is 0 Å². The third-order valence-electron chi connectivity index (χ3n) is 3.77. The fourth-order valence-electron chi connectivity index (χ4n) is 2.75. The number of rotatable bonds is 3. The minimum Gasteiger partial charge on any atom is -0.306 e. The van der Waals surface area contributed by atoms with E-state index < -0.39 is 0 Å². The maximum absolute atomic E-state index is 4.44. The standard InChI is InChI=1S/C16H20N4/c1-13-9-17-12-19-16(13)15-11-20(8-7-18-15)10-14-5-3-2-4-6-14/h2-6,9,12,15,18H,7-8,10-11H2,1H3. The smallest absolute Gasteiger partial charge is 0.115 e. The number of piperazine rings is 1. The summed E-state index contributed by atoms with van der Waals surface area (Å²) in [5.74, 6) is 0. The van der Waals surface area contributed by atoms with Crippen LogP contribution >= 0.6 is 0 Å². The van der Waals surface area contributed by atoms with Crippen LogP contribution in [0.15, 0.2) is 42.9 Å². The SMILES string of the molecule is Cc1cncnc1C1CN(Cc2ccccc2)CCN1. The Bertz CT molecular complexity index is 555. The van der Waals surface area contributed by atoms with Crippen molar-refractivity contribution in [1.82, 2.24) is 20.2 Å². The molecular weight excluding hydrogens is 248 g/mol. The largest absolute Gasteiger partial charge is 0.306 e. The van der Waals surface area contributed by atoms with Crippen molar-refractivity contribution in [3.63, 3.8) is 0 Å². The first kappa shape index (κ1) is 13.2. The van der Waals surface area contributed by atoms with E-state index >= 15 is 0 Å². The van der Waals surface area contributed by atoms with Gasteiger partial charge in [-0.1, -0.05) is 30.3 Å². The van der Waals surface area contributed by atoms with Crippen molar-refractivity contribution < 1.29 is 0 Å². The van der Waals surface area contributed by atoms with Crippen LogP contribution in [0.5, 0.6) is 0 Å². The maximum Gasteiger partial charge on any atom is 0.115 e. The Hall–Kier alpha value is -1.78. The number of benzene rings is 1. The van der Waals surface area contributed by atoms with Gasteiger partial charge in [-0.2, -0.15) is 0 Å². The first-order valence-corrected chi connectivity index (χ1v) is 7.09. The fourth-order valence-corrected chi connectivity index (χ4v) is 2.75. The Balaban J connectivity index is 1.69. The molecular formula is C16H20N4. The Morgan fingerprint density at radius 3 is 2.95 bits per heavy atom. The Kier molecular flexibility index (Phi) is 4.04. The highest BCUT2D eigenvalue weighted by molar-refractivity contribution is 5.19. The minimum absolute atomic E-state index is 0.301. The van der Waals surface area contributed by atoms with E-state index in [0.717, 1.165) is 37.4 Å². The Labute approximate surface area is 119 Å². The molecule has 1 aliphatic heterocycles. The zero-order valence-corrected chi connectivity index (χ0v) is 11.8. The summed E-state index contributed by atoms with van der Waals surface area (Å²) in [5, 5.41) is 3.56. The van der Waals surface area contributed by atoms with Crippen LogP contribution in [-0.2, 0) is 6.54 Å². The molecule has 2 heterocycles. The van der Waals surface area contributed by atoms with Crippen LogP contribution in [0.4, 0.5) is 0 Å². The number of aryl methyl sites for hydroxylation is 1. The third kappa shape index (κ3) is 3.03. The summed E-state index contributed by atoms with van der Waals surface area (Å²) in [6.07, 6.45) is 3.53. The summed E-state index contributed by atoms with van der Waals surface area (Å²) in [4.78, 5) is 11.0. The molecule has 2 aromatic rings. The molecule has 0 amide bonds. The zero-order chi connectivity index (χ0) is 13.8. The average molecular weight is 268 g/mol. The molecule has 0 saturated carbocycles. The second-order valence-corrected chi connectivity index (χ2v) is 5.32. The van der Waals surface area contributed by atoms with Crippen molar-refractivity contribution in [3.8, 4) is 0 Å². The summed E-state index contributed by atoms with van der Waals surface area (Å²) >= 11 is 0. The molecule has 0 aliphatic carbocycles. The summed E-state index contributed by atoms with van der Waals surface area (Å²) < 4.78 is 0. The molecule has 1 unspecified atom stereocenters. The van der Waals surface area contributed by atoms with Crippen molar-refractivity contribution in [3.05, 3.63) is 59.7 Å². The van der Waals surface area contributed by atoms with Gasteiger partial charge < -0.3 is 5.32 Å². The minimum atomic E-state index is 0.301. The number of nitrogens with zero attached hydrogens (tertiary/aromatic N) is 3. The molecule has 20 heavy (non-hydrogen) atoms. The van der Waals surface area contributed by atoms with E-state index in [1.54, 1.807) is 6.33 Å². The highest BCUT2D eigenvalue weighted by Crippen LogP contribution is 2.19. The summed E-state index contributed by atoms with van der Waals surface area (Å²) in [6, 6.07) is 10.9. The highest BCUT2D eigenvalue weighted by atomic mass is 15.2. The van der Waals surface area contributed by atoms with E-state index in [2.05, 4.69) is 57.4 Å². The molecule has 1 aromatic carbocycles. The highest BCUT2D eigenvalue weighted by Gasteiger charge is 2.22. The van der Waals surface area contributed by atoms with Gasteiger partial charge in [0, 0.05) is 32.4 Å². The first-order chi connectivity index (χ1) is 9.83. The van der Waals surface area contributed by atoms with Crippen LogP contribution < -0.4 is 5.32 Å². The molecule has 1 saturated heterocycles. The molecule has 4 heteroatoms. The van der Waals surface area contributed by atoms with E-state index in [9.17, 15) is 0 Å². The van der Waals surface area contributed by atoms with Crippen molar-refractivity contribution >= 4 is 0 Å². The molecule has 104 valence electrons. The van der Waals surface area contributed by atoms with Crippen molar-refractivity contribution in [2.45, 2.75) is 19.5 Å². The van der Waals surface area contributed by atoms with Gasteiger partial charge in [-0.25, -0.2) is 9.97 Å². The molecule has 0 radical (unpaired) electrons. The lowest BCUT2D eigenvalue weighted by molar-refractivity contribution is 0.191. The van der Waals surface area contributed by atoms with Gasteiger partial charge >= 0.3 is 0 Å². The van der Waals surface area contributed by atoms with E-state index in [4.69, 9.17) is 0 Å². The molecule has 1 N–H and O–H groups in total. The van der Waals surface area contributed by atoms with Gasteiger partial charge in [-0.05, 0) is 18.1 Å². The van der Waals surface area contributed by atoms with Gasteiger partial charge in [0.1, 0.15) is 6.33 Å². The first-order valence-electron chi connectivity index (χ1n) is 7.09. The summed E-state index contributed by atoms with van der Waals surface area (Å²) in [6.45, 7) is 6.15. The molecule has 1 aliphatic rings. The quantitative estimate of drug-likeness (QED) is 0.923. The lowest BCUT2D eigenvalue weighted by atomic mass is 10.1. The topological polar surface area (TPSA) is 41.1 Å². The van der Waals surface area contributed by atoms with Crippen molar-refractivity contribution in [1.29, 1.82) is 0 Å². The second-order valence-electron chi connectivity index (χ2n) is 5.32. The predicted octanol–water partition coefficient (Wildman–Crippen LogP) is 1.93. The number of hydrogen-bond acceptors (Lipinski definition) is 4. The average Bonchev–Trinajstić information content (AvgIpc) is 2.49. The van der Waals surface area contributed by atoms with Crippen LogP contribution in [0.1, 0.15) is 22.9 Å². The van der Waals surface area contributed by atoms with Gasteiger partial charge in [-0.3, -0.25) is 4.90 Å². The number of aromatic nitrogens is 2. The van der Waals surface area contributed by atoms with Crippen LogP contribution in [0.2, 0.25) is 0 Å². The monoisotopic (exact) mass is 268 g/mol. The summed E-state index contributed by atoms with van der Waals surface area (Å²) in [5.41, 5.74) is 3.65. The molecule has 0 bridgehead atoms. The molecule has 0 spiro atoms. The molecule has 1 aromatic heterocycles. The third-order valence-corrected chi connectivity index (χ3v) is 3.77. The van der Waals surface area contributed by atoms with Crippen LogP contribution in [0.25, 0.3) is 0 Å². The van der Waals surface area contributed by atoms with Crippen molar-refractivity contribution in [2.75, 3.05) is 19.6 Å². The van der Waals surface area contributed by atoms with Crippen LogP contribution in [0, 0.1) is 6.92 Å². The van der Waals surface area contributed by atoms with Gasteiger partial charge in [0.25, 0.3) is 0 Å². The Morgan fingerprint density at radius 1 is 1.30 bits per heavy atom. The lowest BCUT2D eigenvalue weighted by Crippen LogP contribution is -2.45. The molecule has 4 nitrogen and oxygen atoms in total. The maximum atomic E-state index is 4.44. The van der Waals surface area contributed by atoms with Gasteiger partial charge in [0.2, 0.25) is 0 Å². The van der Waals surface area contributed by atoms with Crippen molar-refractivity contribution in [2.24, 2.45) is 0 Å². The van der Waals surface area contributed by atoms with Crippen LogP contribution in [-0.4, -0.2) is 34.5 Å². The normalized spacial score (nSPS) is 19.9. The number of nitrogens with one attached hydrogen (secondary N) is 1. The lowest BCUT2D eigenvalue weighted by Gasteiger charge is -2.33. The molecule has 1 fully saturated rings. The molecule has 3 rings (SSSR count). The second kappa shape index (κ2) is 6.11.